The number of para-hydroxylation sites is 1. The predicted octanol–water partition coefficient (Wildman–Crippen LogP) is 2.89. The van der Waals surface area contributed by atoms with E-state index in [0.29, 0.717) is 16.6 Å². The van der Waals surface area contributed by atoms with Gasteiger partial charge in [-0.2, -0.15) is 11.8 Å². The number of carbonyl (C=O) groups is 1. The summed E-state index contributed by atoms with van der Waals surface area (Å²) in [4.78, 5) is 30.3. The van der Waals surface area contributed by atoms with Crippen molar-refractivity contribution in [3.8, 4) is 0 Å². The lowest BCUT2D eigenvalue weighted by Crippen LogP contribution is -2.16. The number of nitrogens with one attached hydrogen (secondary N) is 2. The van der Waals surface area contributed by atoms with Crippen molar-refractivity contribution in [2.24, 2.45) is 0 Å². The lowest BCUT2D eigenvalue weighted by molar-refractivity contribution is -0.113. The molecule has 5 nitrogen and oxygen atoms in total. The van der Waals surface area contributed by atoms with Crippen LogP contribution in [0.2, 0.25) is 0 Å². The Labute approximate surface area is 141 Å². The Morgan fingerprint density at radius 1 is 1.39 bits per heavy atom. The number of carbonyl (C=O) groups excluding carboxylic acids is 1. The van der Waals surface area contributed by atoms with Gasteiger partial charge < -0.3 is 10.3 Å². The van der Waals surface area contributed by atoms with Gasteiger partial charge in [0.05, 0.1) is 17.1 Å². The van der Waals surface area contributed by atoms with Crippen LogP contribution in [0.15, 0.2) is 40.3 Å². The average Bonchev–Trinajstić information content (AvgIpc) is 2.53. The predicted molar refractivity (Wildman–Crippen MR) is 92.4 cm³/mol. The number of aromatic nitrogens is 2. The molecule has 0 saturated heterocycles. The standard InChI is InChI=1S/C15H16FN3O2S2/c1-2-22-8-10-7-13(20)19-15(17-10)23-9-14(21)18-12-6-4-3-5-11(12)16/h3-7H,2,8-9H2,1H3,(H,18,21)(H,17,19,20). The molecule has 0 unspecified atom stereocenters. The van der Waals surface area contributed by atoms with E-state index in [-0.39, 0.29) is 22.9 Å². The normalized spacial score (nSPS) is 10.5. The third kappa shape index (κ3) is 5.72. The quantitative estimate of drug-likeness (QED) is 0.591. The molecular weight excluding hydrogens is 337 g/mol. The number of H-pyrrole nitrogens is 1. The maximum atomic E-state index is 13.5. The minimum absolute atomic E-state index is 0.0294. The summed E-state index contributed by atoms with van der Waals surface area (Å²) in [5.74, 6) is 0.756. The zero-order valence-corrected chi connectivity index (χ0v) is 14.1. The maximum absolute atomic E-state index is 13.5. The second-order valence-electron chi connectivity index (χ2n) is 4.50. The molecule has 0 radical (unpaired) electrons. The van der Waals surface area contributed by atoms with E-state index < -0.39 is 5.82 Å². The highest BCUT2D eigenvalue weighted by molar-refractivity contribution is 7.99. The van der Waals surface area contributed by atoms with Gasteiger partial charge in [-0.1, -0.05) is 30.8 Å². The molecule has 0 bridgehead atoms. The van der Waals surface area contributed by atoms with Crippen LogP contribution in [-0.4, -0.2) is 27.4 Å². The molecular formula is C15H16FN3O2S2. The summed E-state index contributed by atoms with van der Waals surface area (Å²) in [7, 11) is 0. The summed E-state index contributed by atoms with van der Waals surface area (Å²) < 4.78 is 13.5. The van der Waals surface area contributed by atoms with Crippen LogP contribution in [0.4, 0.5) is 10.1 Å². The van der Waals surface area contributed by atoms with E-state index in [0.717, 1.165) is 17.5 Å². The molecule has 1 heterocycles. The highest BCUT2D eigenvalue weighted by Crippen LogP contribution is 2.16. The number of amides is 1. The molecule has 0 saturated carbocycles. The van der Waals surface area contributed by atoms with Gasteiger partial charge in [-0.05, 0) is 17.9 Å². The van der Waals surface area contributed by atoms with E-state index in [1.165, 1.54) is 18.2 Å². The van der Waals surface area contributed by atoms with Gasteiger partial charge in [0.15, 0.2) is 5.16 Å². The number of halogens is 1. The van der Waals surface area contributed by atoms with Crippen LogP contribution in [0, 0.1) is 5.82 Å². The molecule has 0 fully saturated rings. The minimum Gasteiger partial charge on any atom is -0.323 e. The number of aromatic amines is 1. The molecule has 0 aliphatic heterocycles. The molecule has 2 rings (SSSR count). The molecule has 2 N–H and O–H groups in total. The van der Waals surface area contributed by atoms with Crippen molar-refractivity contribution in [1.82, 2.24) is 9.97 Å². The Morgan fingerprint density at radius 3 is 2.91 bits per heavy atom. The zero-order valence-electron chi connectivity index (χ0n) is 12.5. The highest BCUT2D eigenvalue weighted by atomic mass is 32.2. The van der Waals surface area contributed by atoms with Crippen molar-refractivity contribution in [1.29, 1.82) is 0 Å². The molecule has 1 amide bonds. The smallest absolute Gasteiger partial charge is 0.251 e. The lowest BCUT2D eigenvalue weighted by atomic mass is 10.3. The van der Waals surface area contributed by atoms with Crippen molar-refractivity contribution < 1.29 is 9.18 Å². The number of anilines is 1. The summed E-state index contributed by atoms with van der Waals surface area (Å²) >= 11 is 2.77. The molecule has 1 aromatic carbocycles. The third-order valence-corrected chi connectivity index (χ3v) is 4.50. The number of benzene rings is 1. The molecule has 0 spiro atoms. The zero-order chi connectivity index (χ0) is 16.7. The lowest BCUT2D eigenvalue weighted by Gasteiger charge is -2.06. The Morgan fingerprint density at radius 2 is 2.17 bits per heavy atom. The highest BCUT2D eigenvalue weighted by Gasteiger charge is 2.09. The first-order chi connectivity index (χ1) is 11.1. The molecule has 1 aromatic heterocycles. The summed E-state index contributed by atoms with van der Waals surface area (Å²) in [6.07, 6.45) is 0. The van der Waals surface area contributed by atoms with Gasteiger partial charge in [0.1, 0.15) is 5.82 Å². The fraction of sp³-hybridized carbons (Fsp3) is 0.267. The van der Waals surface area contributed by atoms with E-state index in [1.54, 1.807) is 23.9 Å². The van der Waals surface area contributed by atoms with Gasteiger partial charge in [0, 0.05) is 11.8 Å². The van der Waals surface area contributed by atoms with Crippen LogP contribution >= 0.6 is 23.5 Å². The van der Waals surface area contributed by atoms with Crippen molar-refractivity contribution >= 4 is 35.1 Å². The monoisotopic (exact) mass is 353 g/mol. The first-order valence-corrected chi connectivity index (χ1v) is 9.07. The minimum atomic E-state index is -0.490. The Kier molecular flexibility index (Phi) is 6.66. The topological polar surface area (TPSA) is 74.8 Å². The van der Waals surface area contributed by atoms with Gasteiger partial charge in [-0.3, -0.25) is 9.59 Å². The van der Waals surface area contributed by atoms with Gasteiger partial charge in [0.25, 0.3) is 5.56 Å². The Hall–Kier alpha value is -1.80. The van der Waals surface area contributed by atoms with Crippen LogP contribution < -0.4 is 10.9 Å². The van der Waals surface area contributed by atoms with Crippen molar-refractivity contribution in [3.63, 3.8) is 0 Å². The summed E-state index contributed by atoms with van der Waals surface area (Å²) in [6.45, 7) is 2.03. The van der Waals surface area contributed by atoms with E-state index in [2.05, 4.69) is 15.3 Å². The molecule has 23 heavy (non-hydrogen) atoms. The van der Waals surface area contributed by atoms with Crippen LogP contribution in [-0.2, 0) is 10.5 Å². The van der Waals surface area contributed by atoms with Crippen LogP contribution in [0.3, 0.4) is 0 Å². The van der Waals surface area contributed by atoms with Gasteiger partial charge in [-0.15, -0.1) is 0 Å². The number of nitrogens with zero attached hydrogens (tertiary/aromatic N) is 1. The number of hydrogen-bond donors (Lipinski definition) is 2. The summed E-state index contributed by atoms with van der Waals surface area (Å²) in [5, 5.41) is 2.87. The molecule has 2 aromatic rings. The first-order valence-electron chi connectivity index (χ1n) is 6.93. The van der Waals surface area contributed by atoms with E-state index in [4.69, 9.17) is 0 Å². The number of hydrogen-bond acceptors (Lipinski definition) is 5. The Balaban J connectivity index is 1.95. The van der Waals surface area contributed by atoms with Crippen molar-refractivity contribution in [3.05, 3.63) is 52.2 Å². The summed E-state index contributed by atoms with van der Waals surface area (Å²) in [5.41, 5.74) is 0.564. The van der Waals surface area contributed by atoms with Crippen LogP contribution in [0.5, 0.6) is 0 Å². The second kappa shape index (κ2) is 8.73. The van der Waals surface area contributed by atoms with Crippen molar-refractivity contribution in [2.75, 3.05) is 16.8 Å². The SMILES string of the molecule is CCSCc1cc(=O)[nH]c(SCC(=O)Nc2ccccc2F)n1. The van der Waals surface area contributed by atoms with Crippen molar-refractivity contribution in [2.45, 2.75) is 17.8 Å². The largest absolute Gasteiger partial charge is 0.323 e. The molecule has 122 valence electrons. The number of thioether (sulfide) groups is 2. The third-order valence-electron chi connectivity index (χ3n) is 2.71. The second-order valence-corrected chi connectivity index (χ2v) is 6.73. The van der Waals surface area contributed by atoms with Gasteiger partial charge in [-0.25, -0.2) is 9.37 Å². The fourth-order valence-corrected chi connectivity index (χ4v) is 2.97. The maximum Gasteiger partial charge on any atom is 0.251 e. The van der Waals surface area contributed by atoms with E-state index in [1.807, 2.05) is 6.92 Å². The fourth-order valence-electron chi connectivity index (χ4n) is 1.72. The van der Waals surface area contributed by atoms with E-state index >= 15 is 0 Å². The summed E-state index contributed by atoms with van der Waals surface area (Å²) in [6, 6.07) is 7.40. The average molecular weight is 353 g/mol. The van der Waals surface area contributed by atoms with Gasteiger partial charge in [0.2, 0.25) is 5.91 Å². The molecule has 0 aliphatic rings. The number of rotatable bonds is 7. The molecule has 0 atom stereocenters. The molecule has 0 aliphatic carbocycles. The van der Waals surface area contributed by atoms with Crippen LogP contribution in [0.1, 0.15) is 12.6 Å². The first kappa shape index (κ1) is 17.6. The van der Waals surface area contributed by atoms with Gasteiger partial charge >= 0.3 is 0 Å². The molecule has 8 heteroatoms. The Bertz CT molecular complexity index is 737. The van der Waals surface area contributed by atoms with Crippen LogP contribution in [0.25, 0.3) is 0 Å². The van der Waals surface area contributed by atoms with E-state index in [9.17, 15) is 14.0 Å².